The summed E-state index contributed by atoms with van der Waals surface area (Å²) in [7, 11) is 0. The summed E-state index contributed by atoms with van der Waals surface area (Å²) in [5.74, 6) is 0. The minimum atomic E-state index is 0.394. The van der Waals surface area contributed by atoms with Crippen LogP contribution in [-0.2, 0) is 6.54 Å². The first kappa shape index (κ1) is 13.2. The van der Waals surface area contributed by atoms with Crippen LogP contribution < -0.4 is 5.32 Å². The fourth-order valence-electron chi connectivity index (χ4n) is 1.94. The number of pyridine rings is 1. The molecule has 0 bridgehead atoms. The van der Waals surface area contributed by atoms with E-state index >= 15 is 0 Å². The van der Waals surface area contributed by atoms with Crippen LogP contribution in [0.1, 0.15) is 16.7 Å². The highest BCUT2D eigenvalue weighted by molar-refractivity contribution is 6.32. The van der Waals surface area contributed by atoms with Gasteiger partial charge < -0.3 is 5.32 Å². The Hall–Kier alpha value is -1.25. The molecular formula is C14H14Cl2N2. The maximum atomic E-state index is 5.85. The summed E-state index contributed by atoms with van der Waals surface area (Å²) in [5, 5.41) is 4.08. The van der Waals surface area contributed by atoms with Gasteiger partial charge in [0.1, 0.15) is 10.3 Å². The normalized spacial score (nSPS) is 10.4. The van der Waals surface area contributed by atoms with E-state index in [1.165, 1.54) is 16.7 Å². The summed E-state index contributed by atoms with van der Waals surface area (Å²) in [6.07, 6.45) is 0. The minimum Gasteiger partial charge on any atom is -0.381 e. The van der Waals surface area contributed by atoms with Gasteiger partial charge in [-0.05, 0) is 31.5 Å². The molecule has 0 spiro atoms. The van der Waals surface area contributed by atoms with Crippen LogP contribution in [0.5, 0.6) is 0 Å². The van der Waals surface area contributed by atoms with E-state index in [9.17, 15) is 0 Å². The molecule has 2 aromatic rings. The number of rotatable bonds is 3. The molecule has 1 heterocycles. The number of aromatic nitrogens is 1. The van der Waals surface area contributed by atoms with Gasteiger partial charge in [0.25, 0.3) is 0 Å². The molecule has 0 unspecified atom stereocenters. The maximum Gasteiger partial charge on any atom is 0.132 e. The van der Waals surface area contributed by atoms with Gasteiger partial charge >= 0.3 is 0 Å². The monoisotopic (exact) mass is 280 g/mol. The van der Waals surface area contributed by atoms with Crippen molar-refractivity contribution in [3.05, 3.63) is 57.3 Å². The van der Waals surface area contributed by atoms with E-state index in [2.05, 4.69) is 42.3 Å². The quantitative estimate of drug-likeness (QED) is 0.830. The Balaban J connectivity index is 2.11. The van der Waals surface area contributed by atoms with Gasteiger partial charge in [-0.1, -0.05) is 52.5 Å². The summed E-state index contributed by atoms with van der Waals surface area (Å²) < 4.78 is 0. The molecule has 1 aromatic heterocycles. The predicted octanol–water partition coefficient (Wildman–Crippen LogP) is 4.62. The van der Waals surface area contributed by atoms with Crippen molar-refractivity contribution in [1.29, 1.82) is 0 Å². The molecule has 2 rings (SSSR count). The zero-order chi connectivity index (χ0) is 13.1. The van der Waals surface area contributed by atoms with E-state index in [0.29, 0.717) is 10.3 Å². The van der Waals surface area contributed by atoms with E-state index < -0.39 is 0 Å². The number of anilines is 1. The van der Waals surface area contributed by atoms with Crippen LogP contribution in [0, 0.1) is 13.8 Å². The second kappa shape index (κ2) is 5.59. The average Bonchev–Trinajstić information content (AvgIpc) is 2.23. The molecule has 0 saturated heterocycles. The zero-order valence-electron chi connectivity index (χ0n) is 10.3. The highest BCUT2D eigenvalue weighted by Crippen LogP contribution is 2.19. The van der Waals surface area contributed by atoms with Gasteiger partial charge in [-0.15, -0.1) is 0 Å². The Morgan fingerprint density at radius 2 is 1.50 bits per heavy atom. The van der Waals surface area contributed by atoms with E-state index in [4.69, 9.17) is 23.2 Å². The van der Waals surface area contributed by atoms with Crippen LogP contribution in [0.4, 0.5) is 5.69 Å². The molecule has 2 nitrogen and oxygen atoms in total. The highest BCUT2D eigenvalue weighted by Gasteiger charge is 2.00. The van der Waals surface area contributed by atoms with E-state index in [1.807, 2.05) is 0 Å². The summed E-state index contributed by atoms with van der Waals surface area (Å²) >= 11 is 11.7. The summed E-state index contributed by atoms with van der Waals surface area (Å²) in [5.41, 5.74) is 4.63. The first-order valence-electron chi connectivity index (χ1n) is 5.67. The molecule has 18 heavy (non-hydrogen) atoms. The fraction of sp³-hybridized carbons (Fsp3) is 0.214. The molecule has 0 aliphatic carbocycles. The number of aryl methyl sites for hydroxylation is 2. The number of nitrogens with one attached hydrogen (secondary N) is 1. The van der Waals surface area contributed by atoms with Crippen LogP contribution in [0.15, 0.2) is 30.3 Å². The third kappa shape index (κ3) is 3.62. The van der Waals surface area contributed by atoms with E-state index in [-0.39, 0.29) is 0 Å². The lowest BCUT2D eigenvalue weighted by Gasteiger charge is -2.09. The molecule has 0 aliphatic rings. The standard InChI is InChI=1S/C14H14Cl2N2/c1-9-3-10(2)5-11(4-9)8-17-12-6-13(15)18-14(16)7-12/h3-7H,8H2,1-2H3,(H,17,18). The number of halogens is 2. The second-order valence-electron chi connectivity index (χ2n) is 4.35. The van der Waals surface area contributed by atoms with Gasteiger partial charge in [-0.3, -0.25) is 0 Å². The largest absolute Gasteiger partial charge is 0.381 e. The second-order valence-corrected chi connectivity index (χ2v) is 5.13. The number of hydrogen-bond donors (Lipinski definition) is 1. The Bertz CT molecular complexity index is 476. The van der Waals surface area contributed by atoms with Gasteiger partial charge in [-0.25, -0.2) is 4.98 Å². The summed E-state index contributed by atoms with van der Waals surface area (Å²) in [6.45, 7) is 4.92. The number of nitrogens with zero attached hydrogens (tertiary/aromatic N) is 1. The lowest BCUT2D eigenvalue weighted by Crippen LogP contribution is -2.00. The molecule has 4 heteroatoms. The van der Waals surface area contributed by atoms with Crippen LogP contribution >= 0.6 is 23.2 Å². The van der Waals surface area contributed by atoms with Crippen molar-refractivity contribution in [2.24, 2.45) is 0 Å². The van der Waals surface area contributed by atoms with Crippen molar-refractivity contribution in [1.82, 2.24) is 4.98 Å². The van der Waals surface area contributed by atoms with Crippen molar-refractivity contribution >= 4 is 28.9 Å². The topological polar surface area (TPSA) is 24.9 Å². The van der Waals surface area contributed by atoms with Crippen LogP contribution in [-0.4, -0.2) is 4.98 Å². The van der Waals surface area contributed by atoms with Crippen molar-refractivity contribution in [3.8, 4) is 0 Å². The van der Waals surface area contributed by atoms with Crippen LogP contribution in [0.25, 0.3) is 0 Å². The van der Waals surface area contributed by atoms with Gasteiger partial charge in [0.05, 0.1) is 0 Å². The Morgan fingerprint density at radius 1 is 0.944 bits per heavy atom. The molecule has 94 valence electrons. The van der Waals surface area contributed by atoms with Gasteiger partial charge in [-0.2, -0.15) is 0 Å². The first-order valence-corrected chi connectivity index (χ1v) is 6.42. The third-order valence-corrected chi connectivity index (χ3v) is 2.93. The predicted molar refractivity (Wildman–Crippen MR) is 77.5 cm³/mol. The van der Waals surface area contributed by atoms with Crippen molar-refractivity contribution in [3.63, 3.8) is 0 Å². The smallest absolute Gasteiger partial charge is 0.132 e. The lowest BCUT2D eigenvalue weighted by atomic mass is 10.1. The Kier molecular flexibility index (Phi) is 4.10. The lowest BCUT2D eigenvalue weighted by molar-refractivity contribution is 1.13. The summed E-state index contributed by atoms with van der Waals surface area (Å²) in [6, 6.07) is 9.99. The highest BCUT2D eigenvalue weighted by atomic mass is 35.5. The average molecular weight is 281 g/mol. The van der Waals surface area contributed by atoms with Gasteiger partial charge in [0.2, 0.25) is 0 Å². The maximum absolute atomic E-state index is 5.85. The molecule has 0 fully saturated rings. The van der Waals surface area contributed by atoms with Crippen LogP contribution in [0.2, 0.25) is 10.3 Å². The van der Waals surface area contributed by atoms with E-state index in [0.717, 1.165) is 12.2 Å². The number of benzene rings is 1. The third-order valence-electron chi connectivity index (χ3n) is 2.54. The Labute approximate surface area is 117 Å². The SMILES string of the molecule is Cc1cc(C)cc(CNc2cc(Cl)nc(Cl)c2)c1. The zero-order valence-corrected chi connectivity index (χ0v) is 11.8. The van der Waals surface area contributed by atoms with Gasteiger partial charge in [0, 0.05) is 12.2 Å². The summed E-state index contributed by atoms with van der Waals surface area (Å²) in [4.78, 5) is 3.91. The molecule has 1 N–H and O–H groups in total. The molecule has 1 aromatic carbocycles. The van der Waals surface area contributed by atoms with Gasteiger partial charge in [0.15, 0.2) is 0 Å². The minimum absolute atomic E-state index is 0.394. The van der Waals surface area contributed by atoms with Crippen LogP contribution in [0.3, 0.4) is 0 Å². The fourth-order valence-corrected chi connectivity index (χ4v) is 2.40. The molecule has 0 atom stereocenters. The number of hydrogen-bond acceptors (Lipinski definition) is 2. The molecule has 0 radical (unpaired) electrons. The molecular weight excluding hydrogens is 267 g/mol. The Morgan fingerprint density at radius 3 is 2.06 bits per heavy atom. The van der Waals surface area contributed by atoms with E-state index in [1.54, 1.807) is 12.1 Å². The molecule has 0 aliphatic heterocycles. The molecule has 0 saturated carbocycles. The first-order chi connectivity index (χ1) is 8.52. The van der Waals surface area contributed by atoms with Crippen molar-refractivity contribution < 1.29 is 0 Å². The van der Waals surface area contributed by atoms with Crippen molar-refractivity contribution in [2.75, 3.05) is 5.32 Å². The van der Waals surface area contributed by atoms with Crippen molar-refractivity contribution in [2.45, 2.75) is 20.4 Å². The molecule has 0 amide bonds.